The predicted octanol–water partition coefficient (Wildman–Crippen LogP) is 4.40. The molecule has 1 aliphatic rings. The molecule has 172 valence electrons. The van der Waals surface area contributed by atoms with Crippen molar-refractivity contribution in [2.24, 2.45) is 5.92 Å². The van der Waals surface area contributed by atoms with E-state index >= 15 is 0 Å². The maximum Gasteiger partial charge on any atom is 0.241 e. The van der Waals surface area contributed by atoms with Crippen molar-refractivity contribution in [2.75, 3.05) is 23.7 Å². The van der Waals surface area contributed by atoms with Crippen LogP contribution in [0.4, 0.5) is 10.8 Å². The molecule has 1 aromatic heterocycles. The number of likely N-dealkylation sites (tertiary alicyclic amines) is 1. The van der Waals surface area contributed by atoms with Gasteiger partial charge in [-0.15, -0.1) is 11.3 Å². The Morgan fingerprint density at radius 1 is 1.15 bits per heavy atom. The zero-order chi connectivity index (χ0) is 23.0. The molecule has 1 fully saturated rings. The topological polar surface area (TPSA) is 83.6 Å². The Morgan fingerprint density at radius 3 is 2.67 bits per heavy atom. The quantitative estimate of drug-likeness (QED) is 0.516. The van der Waals surface area contributed by atoms with Crippen LogP contribution < -0.4 is 15.4 Å². The molecule has 2 heterocycles. The summed E-state index contributed by atoms with van der Waals surface area (Å²) >= 11 is 1.40. The fourth-order valence-electron chi connectivity index (χ4n) is 3.85. The first-order chi connectivity index (χ1) is 16.1. The van der Waals surface area contributed by atoms with Crippen molar-refractivity contribution in [2.45, 2.75) is 32.4 Å². The van der Waals surface area contributed by atoms with Gasteiger partial charge in [-0.25, -0.2) is 4.98 Å². The van der Waals surface area contributed by atoms with Crippen molar-refractivity contribution >= 4 is 34.0 Å². The van der Waals surface area contributed by atoms with Crippen LogP contribution in [0.15, 0.2) is 66.2 Å². The van der Waals surface area contributed by atoms with Gasteiger partial charge in [-0.2, -0.15) is 0 Å². The number of anilines is 2. The molecule has 1 aliphatic heterocycles. The fourth-order valence-corrected chi connectivity index (χ4v) is 4.38. The minimum absolute atomic E-state index is 0.0339. The van der Waals surface area contributed by atoms with E-state index in [1.165, 1.54) is 11.3 Å². The van der Waals surface area contributed by atoms with E-state index in [2.05, 4.69) is 20.5 Å². The molecule has 7 nitrogen and oxygen atoms in total. The second kappa shape index (κ2) is 11.1. The Morgan fingerprint density at radius 2 is 1.94 bits per heavy atom. The van der Waals surface area contributed by atoms with Crippen LogP contribution in [-0.2, 0) is 16.2 Å². The molecule has 2 amide bonds. The summed E-state index contributed by atoms with van der Waals surface area (Å²) in [5, 5.41) is 8.29. The van der Waals surface area contributed by atoms with E-state index < -0.39 is 0 Å². The molecule has 0 radical (unpaired) electrons. The van der Waals surface area contributed by atoms with Crippen LogP contribution in [0.5, 0.6) is 5.75 Å². The van der Waals surface area contributed by atoms with Gasteiger partial charge in [-0.1, -0.05) is 30.3 Å². The summed E-state index contributed by atoms with van der Waals surface area (Å²) in [6, 6.07) is 17.0. The van der Waals surface area contributed by atoms with Gasteiger partial charge in [0, 0.05) is 23.8 Å². The molecular formula is C25H28N4O3S. The third kappa shape index (κ3) is 6.40. The number of carbonyl (C=O) groups is 2. The average molecular weight is 465 g/mol. The van der Waals surface area contributed by atoms with E-state index in [1.54, 1.807) is 6.20 Å². The van der Waals surface area contributed by atoms with Crippen molar-refractivity contribution in [1.29, 1.82) is 0 Å². The number of carbonyl (C=O) groups excluding carboxylic acids is 2. The Hall–Kier alpha value is -3.23. The number of piperidine rings is 1. The van der Waals surface area contributed by atoms with Gasteiger partial charge in [-0.3, -0.25) is 14.5 Å². The number of hydrogen-bond acceptors (Lipinski definition) is 6. The third-order valence-electron chi connectivity index (χ3n) is 5.78. The summed E-state index contributed by atoms with van der Waals surface area (Å²) in [5.41, 5.74) is 1.82. The first kappa shape index (κ1) is 22.9. The highest BCUT2D eigenvalue weighted by Crippen LogP contribution is 2.22. The minimum Gasteiger partial charge on any atom is -0.489 e. The SMILES string of the molecule is C[C@H](C(=O)Nc1ccc(OCc2ccccc2)cc1)N1CCC[C@H](C(=O)Nc2nccs2)C1. The smallest absolute Gasteiger partial charge is 0.241 e. The summed E-state index contributed by atoms with van der Waals surface area (Å²) in [4.78, 5) is 31.6. The number of benzene rings is 2. The minimum atomic E-state index is -0.338. The maximum absolute atomic E-state index is 12.8. The molecule has 0 bridgehead atoms. The number of nitrogens with one attached hydrogen (secondary N) is 2. The van der Waals surface area contributed by atoms with E-state index in [1.807, 2.05) is 66.9 Å². The molecule has 0 spiro atoms. The van der Waals surface area contributed by atoms with E-state index in [9.17, 15) is 9.59 Å². The lowest BCUT2D eigenvalue weighted by Gasteiger charge is -2.35. The molecule has 3 aromatic rings. The van der Waals surface area contributed by atoms with Gasteiger partial charge in [0.2, 0.25) is 11.8 Å². The van der Waals surface area contributed by atoms with Gasteiger partial charge in [0.15, 0.2) is 5.13 Å². The second-order valence-corrected chi connectivity index (χ2v) is 9.02. The normalized spacial score (nSPS) is 17.2. The van der Waals surface area contributed by atoms with Crippen molar-refractivity contribution in [3.05, 3.63) is 71.7 Å². The molecule has 0 unspecified atom stereocenters. The number of amides is 2. The molecule has 33 heavy (non-hydrogen) atoms. The van der Waals surface area contributed by atoms with Crippen molar-refractivity contribution in [3.8, 4) is 5.75 Å². The third-order valence-corrected chi connectivity index (χ3v) is 6.47. The highest BCUT2D eigenvalue weighted by molar-refractivity contribution is 7.13. The highest BCUT2D eigenvalue weighted by atomic mass is 32.1. The van der Waals surface area contributed by atoms with Crippen molar-refractivity contribution in [3.63, 3.8) is 0 Å². The lowest BCUT2D eigenvalue weighted by Crippen LogP contribution is -2.49. The second-order valence-electron chi connectivity index (χ2n) is 8.12. The van der Waals surface area contributed by atoms with Crippen LogP contribution in [0.1, 0.15) is 25.3 Å². The van der Waals surface area contributed by atoms with E-state index in [0.717, 1.165) is 30.7 Å². The summed E-state index contributed by atoms with van der Waals surface area (Å²) in [7, 11) is 0. The first-order valence-electron chi connectivity index (χ1n) is 11.1. The standard InChI is InChI=1S/C25H28N4O3S/c1-18(29-14-5-8-20(16-29)24(31)28-25-26-13-15-33-25)23(30)27-21-9-11-22(12-10-21)32-17-19-6-3-2-4-7-19/h2-4,6-7,9-13,15,18,20H,5,8,14,16-17H2,1H3,(H,27,30)(H,26,28,31)/t18-,20+/m1/s1. The number of hydrogen-bond donors (Lipinski definition) is 2. The fraction of sp³-hybridized carbons (Fsp3) is 0.320. The van der Waals surface area contributed by atoms with E-state index in [-0.39, 0.29) is 23.8 Å². The molecule has 1 saturated heterocycles. The summed E-state index contributed by atoms with van der Waals surface area (Å²) in [6.07, 6.45) is 3.36. The Labute approximate surface area is 197 Å². The maximum atomic E-state index is 12.8. The summed E-state index contributed by atoms with van der Waals surface area (Å²) in [6.45, 7) is 3.73. The van der Waals surface area contributed by atoms with Gasteiger partial charge < -0.3 is 15.4 Å². The summed E-state index contributed by atoms with van der Waals surface area (Å²) < 4.78 is 5.80. The van der Waals surface area contributed by atoms with Gasteiger partial charge in [-0.05, 0) is 56.1 Å². The molecule has 8 heteroatoms. The molecule has 4 rings (SSSR count). The van der Waals surface area contributed by atoms with Gasteiger partial charge in [0.05, 0.1) is 12.0 Å². The lowest BCUT2D eigenvalue weighted by molar-refractivity contribution is -0.125. The van der Waals surface area contributed by atoms with Gasteiger partial charge in [0.1, 0.15) is 12.4 Å². The molecule has 2 aromatic carbocycles. The number of nitrogens with zero attached hydrogens (tertiary/aromatic N) is 2. The van der Waals surface area contributed by atoms with Crippen LogP contribution in [0.2, 0.25) is 0 Å². The van der Waals surface area contributed by atoms with Crippen LogP contribution in [0, 0.1) is 5.92 Å². The van der Waals surface area contributed by atoms with Gasteiger partial charge in [0.25, 0.3) is 0 Å². The van der Waals surface area contributed by atoms with Gasteiger partial charge >= 0.3 is 0 Å². The number of rotatable bonds is 8. The first-order valence-corrected chi connectivity index (χ1v) is 12.0. The number of aromatic nitrogens is 1. The van der Waals surface area contributed by atoms with E-state index in [4.69, 9.17) is 4.74 Å². The largest absolute Gasteiger partial charge is 0.489 e. The summed E-state index contributed by atoms with van der Waals surface area (Å²) in [5.74, 6) is 0.469. The van der Waals surface area contributed by atoms with Crippen molar-refractivity contribution in [1.82, 2.24) is 9.88 Å². The van der Waals surface area contributed by atoms with E-state index in [0.29, 0.717) is 24.0 Å². The predicted molar refractivity (Wildman–Crippen MR) is 130 cm³/mol. The molecule has 2 N–H and O–H groups in total. The van der Waals surface area contributed by atoms with Crippen LogP contribution in [-0.4, -0.2) is 40.8 Å². The zero-order valence-electron chi connectivity index (χ0n) is 18.6. The van der Waals surface area contributed by atoms with Crippen LogP contribution >= 0.6 is 11.3 Å². The Balaban J connectivity index is 1.27. The Bertz CT molecular complexity index is 1040. The van der Waals surface area contributed by atoms with Crippen molar-refractivity contribution < 1.29 is 14.3 Å². The highest BCUT2D eigenvalue weighted by Gasteiger charge is 2.31. The number of ether oxygens (including phenoxy) is 1. The molecule has 0 aliphatic carbocycles. The molecular weight excluding hydrogens is 436 g/mol. The molecule has 2 atom stereocenters. The average Bonchev–Trinajstić information content (AvgIpc) is 3.37. The lowest BCUT2D eigenvalue weighted by atomic mass is 9.96. The molecule has 0 saturated carbocycles. The number of thiazole rings is 1. The van der Waals surface area contributed by atoms with Crippen LogP contribution in [0.25, 0.3) is 0 Å². The van der Waals surface area contributed by atoms with Crippen LogP contribution in [0.3, 0.4) is 0 Å². The Kier molecular flexibility index (Phi) is 7.70. The zero-order valence-corrected chi connectivity index (χ0v) is 19.4. The monoisotopic (exact) mass is 464 g/mol.